The lowest BCUT2D eigenvalue weighted by molar-refractivity contribution is -0.275. The minimum absolute atomic E-state index is 0.0154. The summed E-state index contributed by atoms with van der Waals surface area (Å²) in [5.74, 6) is 0.801. The fourth-order valence-corrected chi connectivity index (χ4v) is 5.61. The minimum atomic E-state index is -4.82. The van der Waals surface area contributed by atoms with Crippen LogP contribution in [0.2, 0.25) is 10.0 Å². The maximum atomic E-state index is 14.3. The molecular formula is C24H20Cl2F3N3O4S. The molecule has 0 radical (unpaired) electrons. The second kappa shape index (κ2) is 9.68. The number of oxime groups is 1. The molecule has 2 fully saturated rings. The normalized spacial score (nSPS) is 24.1. The monoisotopic (exact) mass is 573 g/mol. The van der Waals surface area contributed by atoms with E-state index in [1.54, 1.807) is 24.8 Å². The van der Waals surface area contributed by atoms with Crippen molar-refractivity contribution in [2.24, 2.45) is 5.16 Å². The number of alkyl halides is 3. The standard InChI is InChI=1S/C24H20Cl2F3N3O4S/c1-12-4-13(2-3-18(12)21(33)30-20-9-35-32(22(20)34)17-10-37-11-17)19-8-23(36-31-19,24(27,28)29)14-5-15(25)7-16(26)6-14/h2-7,17,20H,8-11H2,1H3,(H,30,33)/t20-,23?/m1/s1. The van der Waals surface area contributed by atoms with Crippen molar-refractivity contribution < 1.29 is 32.4 Å². The van der Waals surface area contributed by atoms with E-state index in [0.29, 0.717) is 11.1 Å². The summed E-state index contributed by atoms with van der Waals surface area (Å²) in [5.41, 5.74) is -1.83. The zero-order valence-electron chi connectivity index (χ0n) is 19.3. The molecular weight excluding hydrogens is 554 g/mol. The van der Waals surface area contributed by atoms with Crippen molar-refractivity contribution >= 4 is 52.5 Å². The molecule has 5 rings (SSSR count). The number of carbonyl (C=O) groups is 2. The van der Waals surface area contributed by atoms with Gasteiger partial charge in [0.05, 0.1) is 11.8 Å². The zero-order chi connectivity index (χ0) is 26.5. The van der Waals surface area contributed by atoms with Crippen LogP contribution in [-0.2, 0) is 20.1 Å². The van der Waals surface area contributed by atoms with E-state index >= 15 is 0 Å². The lowest BCUT2D eigenvalue weighted by atomic mass is 9.86. The average molecular weight is 574 g/mol. The van der Waals surface area contributed by atoms with Gasteiger partial charge in [-0.05, 0) is 48.4 Å². The van der Waals surface area contributed by atoms with E-state index in [1.807, 2.05) is 0 Å². The molecule has 2 saturated heterocycles. The van der Waals surface area contributed by atoms with Crippen molar-refractivity contribution in [3.63, 3.8) is 0 Å². The second-order valence-electron chi connectivity index (χ2n) is 9.00. The molecule has 37 heavy (non-hydrogen) atoms. The van der Waals surface area contributed by atoms with Crippen molar-refractivity contribution in [2.75, 3.05) is 18.1 Å². The van der Waals surface area contributed by atoms with Crippen LogP contribution < -0.4 is 5.32 Å². The highest BCUT2D eigenvalue weighted by molar-refractivity contribution is 8.00. The molecule has 0 spiro atoms. The summed E-state index contributed by atoms with van der Waals surface area (Å²) >= 11 is 13.6. The third-order valence-corrected chi connectivity index (χ3v) is 8.15. The predicted molar refractivity (Wildman–Crippen MR) is 133 cm³/mol. The smallest absolute Gasteiger partial charge is 0.374 e. The van der Waals surface area contributed by atoms with E-state index in [0.717, 1.165) is 23.6 Å². The number of amides is 2. The summed E-state index contributed by atoms with van der Waals surface area (Å²) in [6.07, 6.45) is -5.43. The number of hydroxylamine groups is 2. The Hall–Kier alpha value is -2.47. The molecule has 2 amide bonds. The van der Waals surface area contributed by atoms with E-state index in [9.17, 15) is 22.8 Å². The van der Waals surface area contributed by atoms with Gasteiger partial charge in [0.1, 0.15) is 12.6 Å². The molecule has 0 saturated carbocycles. The number of hydrogen-bond donors (Lipinski definition) is 1. The number of benzene rings is 2. The number of thioether (sulfide) groups is 1. The van der Waals surface area contributed by atoms with E-state index in [2.05, 4.69) is 10.5 Å². The zero-order valence-corrected chi connectivity index (χ0v) is 21.6. The molecule has 2 aromatic rings. The first-order valence-corrected chi connectivity index (χ1v) is 13.1. The van der Waals surface area contributed by atoms with Crippen LogP contribution in [0.3, 0.4) is 0 Å². The Balaban J connectivity index is 1.33. The Kier molecular flexibility index (Phi) is 6.84. The Morgan fingerprint density at radius 1 is 1.19 bits per heavy atom. The highest BCUT2D eigenvalue weighted by Gasteiger charge is 2.62. The van der Waals surface area contributed by atoms with Crippen LogP contribution in [0.25, 0.3) is 0 Å². The molecule has 2 aromatic carbocycles. The first-order valence-electron chi connectivity index (χ1n) is 11.2. The first-order chi connectivity index (χ1) is 17.5. The predicted octanol–water partition coefficient (Wildman–Crippen LogP) is 4.87. The van der Waals surface area contributed by atoms with Gasteiger partial charge in [-0.15, -0.1) is 0 Å². The van der Waals surface area contributed by atoms with E-state index in [4.69, 9.17) is 32.9 Å². The van der Waals surface area contributed by atoms with Gasteiger partial charge < -0.3 is 10.2 Å². The van der Waals surface area contributed by atoms with Crippen molar-refractivity contribution in [2.45, 2.75) is 37.2 Å². The van der Waals surface area contributed by atoms with Gasteiger partial charge in [0.2, 0.25) is 0 Å². The van der Waals surface area contributed by atoms with Gasteiger partial charge in [0.15, 0.2) is 0 Å². The van der Waals surface area contributed by atoms with Crippen LogP contribution in [0.4, 0.5) is 13.2 Å². The summed E-state index contributed by atoms with van der Waals surface area (Å²) < 4.78 is 42.8. The topological polar surface area (TPSA) is 80.2 Å². The molecule has 1 N–H and O–H groups in total. The average Bonchev–Trinajstić information content (AvgIpc) is 3.38. The molecule has 0 aliphatic carbocycles. The fourth-order valence-electron chi connectivity index (χ4n) is 4.37. The van der Waals surface area contributed by atoms with Crippen molar-refractivity contribution in [3.8, 4) is 0 Å². The first kappa shape index (κ1) is 26.1. The Morgan fingerprint density at radius 2 is 1.89 bits per heavy atom. The van der Waals surface area contributed by atoms with Crippen molar-refractivity contribution in [1.82, 2.24) is 10.4 Å². The Bertz CT molecular complexity index is 1280. The number of carbonyl (C=O) groups excluding carboxylic acids is 2. The lowest BCUT2D eigenvalue weighted by Gasteiger charge is -2.32. The van der Waals surface area contributed by atoms with Gasteiger partial charge >= 0.3 is 6.18 Å². The van der Waals surface area contributed by atoms with Crippen LogP contribution >= 0.6 is 35.0 Å². The Morgan fingerprint density at radius 3 is 2.49 bits per heavy atom. The molecule has 2 atom stereocenters. The molecule has 3 aliphatic rings. The molecule has 0 aromatic heterocycles. The Labute approximate surface area is 224 Å². The number of nitrogens with zero attached hydrogens (tertiary/aromatic N) is 2. The molecule has 196 valence electrons. The van der Waals surface area contributed by atoms with Crippen LogP contribution in [0.1, 0.15) is 33.5 Å². The summed E-state index contributed by atoms with van der Waals surface area (Å²) in [6, 6.07) is 7.37. The van der Waals surface area contributed by atoms with E-state index in [-0.39, 0.29) is 45.4 Å². The SMILES string of the molecule is Cc1cc(C2=NOC(c3cc(Cl)cc(Cl)c3)(C(F)(F)F)C2)ccc1C(=O)N[C@@H]1CON(C2CSC2)C1=O. The molecule has 0 bridgehead atoms. The number of nitrogens with one attached hydrogen (secondary N) is 1. The van der Waals surface area contributed by atoms with Gasteiger partial charge in [-0.25, -0.2) is 5.06 Å². The molecule has 3 heterocycles. The minimum Gasteiger partial charge on any atom is -0.374 e. The van der Waals surface area contributed by atoms with Crippen LogP contribution in [0, 0.1) is 6.92 Å². The molecule has 3 aliphatic heterocycles. The van der Waals surface area contributed by atoms with Gasteiger partial charge in [-0.1, -0.05) is 34.4 Å². The number of halogens is 5. The number of hydrogen-bond acceptors (Lipinski definition) is 6. The van der Waals surface area contributed by atoms with Crippen molar-refractivity contribution in [3.05, 3.63) is 68.7 Å². The molecule has 1 unspecified atom stereocenters. The highest BCUT2D eigenvalue weighted by Crippen LogP contribution is 2.49. The quantitative estimate of drug-likeness (QED) is 0.552. The van der Waals surface area contributed by atoms with E-state index in [1.165, 1.54) is 23.3 Å². The fraction of sp³-hybridized carbons (Fsp3) is 0.375. The van der Waals surface area contributed by atoms with Crippen LogP contribution in [-0.4, -0.2) is 59.0 Å². The van der Waals surface area contributed by atoms with Crippen molar-refractivity contribution in [1.29, 1.82) is 0 Å². The maximum Gasteiger partial charge on any atom is 0.435 e. The van der Waals surface area contributed by atoms with Gasteiger partial charge in [-0.2, -0.15) is 24.9 Å². The molecule has 13 heteroatoms. The number of rotatable bonds is 5. The summed E-state index contributed by atoms with van der Waals surface area (Å²) in [7, 11) is 0. The third kappa shape index (κ3) is 4.78. The summed E-state index contributed by atoms with van der Waals surface area (Å²) in [4.78, 5) is 35.9. The van der Waals surface area contributed by atoms with Crippen LogP contribution in [0.15, 0.2) is 41.6 Å². The molecule has 7 nitrogen and oxygen atoms in total. The van der Waals surface area contributed by atoms with Gasteiger partial charge in [0, 0.05) is 39.1 Å². The highest BCUT2D eigenvalue weighted by atomic mass is 35.5. The van der Waals surface area contributed by atoms with E-state index < -0.39 is 30.1 Å². The maximum absolute atomic E-state index is 14.3. The van der Waals surface area contributed by atoms with Gasteiger partial charge in [0.25, 0.3) is 17.4 Å². The summed E-state index contributed by atoms with van der Waals surface area (Å²) in [5, 5.41) is 7.84. The summed E-state index contributed by atoms with van der Waals surface area (Å²) in [6.45, 7) is 1.69. The lowest BCUT2D eigenvalue weighted by Crippen LogP contribution is -2.49. The number of aryl methyl sites for hydroxylation is 1. The van der Waals surface area contributed by atoms with Crippen LogP contribution in [0.5, 0.6) is 0 Å². The van der Waals surface area contributed by atoms with Gasteiger partial charge in [-0.3, -0.25) is 14.4 Å². The third-order valence-electron chi connectivity index (χ3n) is 6.47. The second-order valence-corrected chi connectivity index (χ2v) is 10.9. The largest absolute Gasteiger partial charge is 0.435 e.